The van der Waals surface area contributed by atoms with Gasteiger partial charge in [-0.25, -0.2) is 0 Å². The maximum atomic E-state index is 13.1. The Balaban J connectivity index is 2.14. The predicted molar refractivity (Wildman–Crippen MR) is 123 cm³/mol. The van der Waals surface area contributed by atoms with E-state index in [1.807, 2.05) is 50.2 Å². The molecule has 0 aromatic heterocycles. The van der Waals surface area contributed by atoms with Crippen LogP contribution in [-0.2, 0) is 16.1 Å². The molecule has 2 amide bonds. The molecule has 0 aliphatic rings. The summed E-state index contributed by atoms with van der Waals surface area (Å²) in [4.78, 5) is 28.4. The van der Waals surface area contributed by atoms with Gasteiger partial charge in [0.1, 0.15) is 11.8 Å². The molecule has 0 radical (unpaired) electrons. The number of benzene rings is 2. The lowest BCUT2D eigenvalue weighted by Crippen LogP contribution is -2.50. The van der Waals surface area contributed by atoms with Crippen molar-refractivity contribution in [2.75, 3.05) is 12.9 Å². The Bertz CT molecular complexity index is 827. The molecule has 0 aliphatic carbocycles. The second-order valence-corrected chi connectivity index (χ2v) is 8.59. The van der Waals surface area contributed by atoms with Gasteiger partial charge in [-0.05, 0) is 62.2 Å². The molecule has 2 unspecified atom stereocenters. The molecular formula is C23H29ClN2O3S. The van der Waals surface area contributed by atoms with Crippen LogP contribution in [0.15, 0.2) is 53.4 Å². The Morgan fingerprint density at radius 3 is 2.30 bits per heavy atom. The first-order valence-corrected chi connectivity index (χ1v) is 11.3. The smallest absolute Gasteiger partial charge is 0.242 e. The van der Waals surface area contributed by atoms with E-state index in [4.69, 9.17) is 16.3 Å². The number of hydrogen-bond acceptors (Lipinski definition) is 4. The zero-order valence-corrected chi connectivity index (χ0v) is 19.4. The molecule has 2 atom stereocenters. The summed E-state index contributed by atoms with van der Waals surface area (Å²) in [5.41, 5.74) is 0.934. The summed E-state index contributed by atoms with van der Waals surface area (Å²) in [5.74, 6) is 0.733. The molecule has 0 fully saturated rings. The van der Waals surface area contributed by atoms with Crippen molar-refractivity contribution >= 4 is 35.2 Å². The quantitative estimate of drug-likeness (QED) is 0.532. The van der Waals surface area contributed by atoms with Crippen LogP contribution in [0.1, 0.15) is 32.8 Å². The predicted octanol–water partition coefficient (Wildman–Crippen LogP) is 4.77. The molecule has 0 bridgehead atoms. The Kier molecular flexibility index (Phi) is 9.53. The van der Waals surface area contributed by atoms with E-state index in [2.05, 4.69) is 5.32 Å². The molecule has 1 N–H and O–H groups in total. The number of rotatable bonds is 10. The van der Waals surface area contributed by atoms with Crippen LogP contribution in [0.5, 0.6) is 5.75 Å². The fourth-order valence-electron chi connectivity index (χ4n) is 2.73. The minimum atomic E-state index is -0.584. The number of hydrogen-bond donors (Lipinski definition) is 1. The Morgan fingerprint density at radius 2 is 1.73 bits per heavy atom. The molecule has 2 aromatic rings. The minimum Gasteiger partial charge on any atom is -0.497 e. The molecule has 7 heteroatoms. The average Bonchev–Trinajstić information content (AvgIpc) is 2.76. The van der Waals surface area contributed by atoms with Gasteiger partial charge in [-0.1, -0.05) is 30.7 Å². The van der Waals surface area contributed by atoms with Crippen LogP contribution in [0.4, 0.5) is 0 Å². The molecule has 162 valence electrons. The van der Waals surface area contributed by atoms with Crippen LogP contribution in [0, 0.1) is 0 Å². The number of nitrogens with one attached hydrogen (secondary N) is 1. The lowest BCUT2D eigenvalue weighted by atomic mass is 10.1. The zero-order valence-electron chi connectivity index (χ0n) is 17.9. The van der Waals surface area contributed by atoms with E-state index in [1.54, 1.807) is 31.1 Å². The molecule has 0 aliphatic heterocycles. The van der Waals surface area contributed by atoms with Crippen LogP contribution in [0.25, 0.3) is 0 Å². The van der Waals surface area contributed by atoms with E-state index in [0.29, 0.717) is 11.6 Å². The number of thioether (sulfide) groups is 1. The number of methoxy groups -OCH3 is 1. The third-order valence-corrected chi connectivity index (χ3v) is 6.11. The molecule has 0 heterocycles. The van der Waals surface area contributed by atoms with E-state index in [9.17, 15) is 9.59 Å². The SMILES string of the molecule is CCC(C)NC(=O)C(C)N(Cc1ccc(OC)cc1)C(=O)CSc1ccc(Cl)cc1. The van der Waals surface area contributed by atoms with Crippen molar-refractivity contribution in [3.8, 4) is 5.75 Å². The number of halogens is 1. The van der Waals surface area contributed by atoms with Gasteiger partial charge in [0.15, 0.2) is 0 Å². The van der Waals surface area contributed by atoms with Crippen molar-refractivity contribution in [3.05, 3.63) is 59.1 Å². The summed E-state index contributed by atoms with van der Waals surface area (Å²) in [6.45, 7) is 6.08. The minimum absolute atomic E-state index is 0.0568. The van der Waals surface area contributed by atoms with E-state index >= 15 is 0 Å². The van der Waals surface area contributed by atoms with Crippen molar-refractivity contribution < 1.29 is 14.3 Å². The summed E-state index contributed by atoms with van der Waals surface area (Å²) in [6, 6.07) is 14.3. The van der Waals surface area contributed by atoms with E-state index in [-0.39, 0.29) is 23.6 Å². The topological polar surface area (TPSA) is 58.6 Å². The number of nitrogens with zero attached hydrogens (tertiary/aromatic N) is 1. The number of amides is 2. The number of carbonyl (C=O) groups excluding carboxylic acids is 2. The summed E-state index contributed by atoms with van der Waals surface area (Å²) in [5, 5.41) is 3.63. The average molecular weight is 449 g/mol. The molecule has 2 rings (SSSR count). The highest BCUT2D eigenvalue weighted by Gasteiger charge is 2.26. The summed E-state index contributed by atoms with van der Waals surface area (Å²) >= 11 is 7.36. The van der Waals surface area contributed by atoms with E-state index in [0.717, 1.165) is 22.6 Å². The highest BCUT2D eigenvalue weighted by molar-refractivity contribution is 8.00. The molecule has 0 saturated heterocycles. The van der Waals surface area contributed by atoms with Crippen molar-refractivity contribution in [1.29, 1.82) is 0 Å². The van der Waals surface area contributed by atoms with Crippen LogP contribution in [-0.4, -0.2) is 41.7 Å². The summed E-state index contributed by atoms with van der Waals surface area (Å²) < 4.78 is 5.20. The van der Waals surface area contributed by atoms with Crippen LogP contribution in [0.2, 0.25) is 5.02 Å². The standard InChI is InChI=1S/C23H29ClN2O3S/c1-5-16(2)25-23(28)17(3)26(14-18-6-10-20(29-4)11-7-18)22(27)15-30-21-12-8-19(24)9-13-21/h6-13,16-17H,5,14-15H2,1-4H3,(H,25,28). The monoisotopic (exact) mass is 448 g/mol. The Labute approximate surface area is 188 Å². The summed E-state index contributed by atoms with van der Waals surface area (Å²) in [7, 11) is 1.61. The number of carbonyl (C=O) groups is 2. The first-order chi connectivity index (χ1) is 14.3. The van der Waals surface area contributed by atoms with E-state index < -0.39 is 6.04 Å². The van der Waals surface area contributed by atoms with Gasteiger partial charge in [-0.3, -0.25) is 9.59 Å². The fourth-order valence-corrected chi connectivity index (χ4v) is 3.65. The first kappa shape index (κ1) is 24.1. The molecular weight excluding hydrogens is 420 g/mol. The lowest BCUT2D eigenvalue weighted by molar-refractivity contribution is -0.138. The van der Waals surface area contributed by atoms with Crippen molar-refractivity contribution in [1.82, 2.24) is 10.2 Å². The maximum Gasteiger partial charge on any atom is 0.242 e. The molecule has 2 aromatic carbocycles. The highest BCUT2D eigenvalue weighted by Crippen LogP contribution is 2.22. The van der Waals surface area contributed by atoms with Crippen LogP contribution < -0.4 is 10.1 Å². The largest absolute Gasteiger partial charge is 0.497 e. The van der Waals surface area contributed by atoms with Gasteiger partial charge < -0.3 is 15.0 Å². The molecule has 30 heavy (non-hydrogen) atoms. The normalized spacial score (nSPS) is 12.7. The van der Waals surface area contributed by atoms with Gasteiger partial charge in [0.25, 0.3) is 0 Å². The van der Waals surface area contributed by atoms with Crippen molar-refractivity contribution in [3.63, 3.8) is 0 Å². The molecule has 0 saturated carbocycles. The molecule has 5 nitrogen and oxygen atoms in total. The van der Waals surface area contributed by atoms with Gasteiger partial charge >= 0.3 is 0 Å². The van der Waals surface area contributed by atoms with Gasteiger partial charge in [0.05, 0.1) is 12.9 Å². The lowest BCUT2D eigenvalue weighted by Gasteiger charge is -2.29. The summed E-state index contributed by atoms with van der Waals surface area (Å²) in [6.07, 6.45) is 0.831. The third kappa shape index (κ3) is 7.26. The van der Waals surface area contributed by atoms with Crippen LogP contribution >= 0.6 is 23.4 Å². The second kappa shape index (κ2) is 11.9. The van der Waals surface area contributed by atoms with Crippen molar-refractivity contribution in [2.45, 2.75) is 50.7 Å². The molecule has 0 spiro atoms. The van der Waals surface area contributed by atoms with E-state index in [1.165, 1.54) is 11.8 Å². The van der Waals surface area contributed by atoms with Gasteiger partial charge in [0.2, 0.25) is 11.8 Å². The Hall–Kier alpha value is -2.18. The zero-order chi connectivity index (χ0) is 22.1. The first-order valence-electron chi connectivity index (χ1n) is 9.95. The van der Waals surface area contributed by atoms with Gasteiger partial charge in [-0.2, -0.15) is 0 Å². The Morgan fingerprint density at radius 1 is 1.10 bits per heavy atom. The van der Waals surface area contributed by atoms with Crippen LogP contribution in [0.3, 0.4) is 0 Å². The number of ether oxygens (including phenoxy) is 1. The van der Waals surface area contributed by atoms with Crippen molar-refractivity contribution in [2.24, 2.45) is 0 Å². The maximum absolute atomic E-state index is 13.1. The third-order valence-electron chi connectivity index (χ3n) is 4.86. The van der Waals surface area contributed by atoms with Gasteiger partial charge in [-0.15, -0.1) is 11.8 Å². The van der Waals surface area contributed by atoms with Gasteiger partial charge in [0, 0.05) is 22.5 Å². The fraction of sp³-hybridized carbons (Fsp3) is 0.391. The highest BCUT2D eigenvalue weighted by atomic mass is 35.5. The second-order valence-electron chi connectivity index (χ2n) is 7.11.